The molecule has 2 heterocycles. The molecule has 3 N–H and O–H groups in total. The average Bonchev–Trinajstić information content (AvgIpc) is 3.27. The van der Waals surface area contributed by atoms with Gasteiger partial charge in [0.1, 0.15) is 0 Å². The van der Waals surface area contributed by atoms with Gasteiger partial charge >= 0.3 is 6.03 Å². The van der Waals surface area contributed by atoms with Gasteiger partial charge in [0.25, 0.3) is 0 Å². The molecule has 1 aromatic carbocycles. The lowest BCUT2D eigenvalue weighted by Crippen LogP contribution is -2.40. The first-order valence-corrected chi connectivity index (χ1v) is 12.1. The summed E-state index contributed by atoms with van der Waals surface area (Å²) in [5, 5.41) is 10.4. The number of benzene rings is 1. The lowest BCUT2D eigenvalue weighted by Gasteiger charge is -2.32. The molecule has 2 fully saturated rings. The molecular weight excluding hydrogens is 406 g/mol. The van der Waals surface area contributed by atoms with Crippen molar-refractivity contribution < 1.29 is 9.59 Å². The zero-order valence-electron chi connectivity index (χ0n) is 17.3. The van der Waals surface area contributed by atoms with Crippen LogP contribution in [0.2, 0.25) is 5.02 Å². The van der Waals surface area contributed by atoms with Gasteiger partial charge in [-0.05, 0) is 43.4 Å². The first kappa shape index (κ1) is 22.3. The average molecular weight is 438 g/mol. The van der Waals surface area contributed by atoms with Crippen LogP contribution < -0.4 is 16.0 Å². The number of thioether (sulfide) groups is 1. The molecule has 7 heteroatoms. The van der Waals surface area contributed by atoms with Gasteiger partial charge in [-0.25, -0.2) is 4.79 Å². The number of hydrogen-bond acceptors (Lipinski definition) is 3. The van der Waals surface area contributed by atoms with Gasteiger partial charge in [-0.15, -0.1) is 0 Å². The summed E-state index contributed by atoms with van der Waals surface area (Å²) in [6, 6.07) is 8.47. The van der Waals surface area contributed by atoms with Crippen LogP contribution in [0.15, 0.2) is 24.3 Å². The second kappa shape index (κ2) is 10.1. The normalized spacial score (nSPS) is 23.4. The van der Waals surface area contributed by atoms with Crippen molar-refractivity contribution in [2.75, 3.05) is 12.3 Å². The molecule has 0 aliphatic carbocycles. The topological polar surface area (TPSA) is 70.2 Å². The van der Waals surface area contributed by atoms with Gasteiger partial charge in [-0.3, -0.25) is 4.79 Å². The minimum atomic E-state index is -0.0522. The molecule has 3 amide bonds. The largest absolute Gasteiger partial charge is 0.355 e. The fourth-order valence-corrected chi connectivity index (χ4v) is 6.11. The molecule has 2 aliphatic rings. The van der Waals surface area contributed by atoms with Crippen molar-refractivity contribution in [1.82, 2.24) is 16.0 Å². The van der Waals surface area contributed by atoms with Gasteiger partial charge in [0, 0.05) is 34.4 Å². The van der Waals surface area contributed by atoms with Crippen LogP contribution in [0.1, 0.15) is 57.9 Å². The molecule has 3 atom stereocenters. The first-order valence-electron chi connectivity index (χ1n) is 10.7. The SMILES string of the molecule is CCC(CC)(CNC(=O)CCCC[C@@H]1SC[C@@H]2NC(=O)N[C@@H]21)c1ccc(Cl)cc1. The van der Waals surface area contributed by atoms with Crippen molar-refractivity contribution in [1.29, 1.82) is 0 Å². The highest BCUT2D eigenvalue weighted by Crippen LogP contribution is 2.33. The minimum Gasteiger partial charge on any atom is -0.355 e. The van der Waals surface area contributed by atoms with Crippen molar-refractivity contribution in [2.24, 2.45) is 0 Å². The van der Waals surface area contributed by atoms with E-state index in [1.165, 1.54) is 5.56 Å². The third-order valence-corrected chi connectivity index (χ3v) is 8.28. The van der Waals surface area contributed by atoms with Crippen LogP contribution >= 0.6 is 23.4 Å². The summed E-state index contributed by atoms with van der Waals surface area (Å²) in [6.07, 6.45) is 5.42. The molecule has 29 heavy (non-hydrogen) atoms. The van der Waals surface area contributed by atoms with Crippen LogP contribution in [0.4, 0.5) is 4.79 Å². The van der Waals surface area contributed by atoms with E-state index in [-0.39, 0.29) is 29.4 Å². The number of nitrogens with one attached hydrogen (secondary N) is 3. The van der Waals surface area contributed by atoms with Crippen LogP contribution in [0.3, 0.4) is 0 Å². The summed E-state index contributed by atoms with van der Waals surface area (Å²) in [6.45, 7) is 5.00. The van der Waals surface area contributed by atoms with Crippen molar-refractivity contribution in [3.05, 3.63) is 34.9 Å². The van der Waals surface area contributed by atoms with Gasteiger partial charge < -0.3 is 16.0 Å². The van der Waals surface area contributed by atoms with Crippen molar-refractivity contribution in [2.45, 2.75) is 75.1 Å². The van der Waals surface area contributed by atoms with Gasteiger partial charge in [-0.2, -0.15) is 11.8 Å². The second-order valence-electron chi connectivity index (χ2n) is 8.14. The van der Waals surface area contributed by atoms with Crippen LogP contribution in [0, 0.1) is 0 Å². The maximum Gasteiger partial charge on any atom is 0.315 e. The highest BCUT2D eigenvalue weighted by Gasteiger charge is 2.42. The first-order chi connectivity index (χ1) is 14.0. The Morgan fingerprint density at radius 1 is 1.21 bits per heavy atom. The third kappa shape index (κ3) is 5.40. The highest BCUT2D eigenvalue weighted by molar-refractivity contribution is 8.00. The van der Waals surface area contributed by atoms with Crippen molar-refractivity contribution in [3.63, 3.8) is 0 Å². The lowest BCUT2D eigenvalue weighted by molar-refractivity contribution is -0.121. The van der Waals surface area contributed by atoms with E-state index in [2.05, 4.69) is 41.9 Å². The maximum atomic E-state index is 12.4. The van der Waals surface area contributed by atoms with Crippen LogP contribution in [0.5, 0.6) is 0 Å². The fraction of sp³-hybridized carbons (Fsp3) is 0.636. The monoisotopic (exact) mass is 437 g/mol. The molecule has 0 bridgehead atoms. The molecule has 0 unspecified atom stereocenters. The lowest BCUT2D eigenvalue weighted by atomic mass is 9.76. The van der Waals surface area contributed by atoms with Gasteiger partial charge in [-0.1, -0.05) is 44.0 Å². The molecule has 0 saturated carbocycles. The van der Waals surface area contributed by atoms with Gasteiger partial charge in [0.05, 0.1) is 12.1 Å². The van der Waals surface area contributed by atoms with E-state index in [4.69, 9.17) is 11.6 Å². The number of amides is 3. The summed E-state index contributed by atoms with van der Waals surface area (Å²) in [5.41, 5.74) is 1.18. The predicted octanol–water partition coefficient (Wildman–Crippen LogP) is 4.24. The molecule has 0 spiro atoms. The Balaban J connectivity index is 1.40. The van der Waals surface area contributed by atoms with E-state index in [0.717, 1.165) is 42.9 Å². The summed E-state index contributed by atoms with van der Waals surface area (Å²) in [4.78, 5) is 23.9. The quantitative estimate of drug-likeness (QED) is 0.378. The zero-order valence-corrected chi connectivity index (χ0v) is 18.9. The standard InChI is InChI=1S/C22H32ClN3O2S/c1-3-22(4-2,15-9-11-16(23)12-10-15)14-24-19(27)8-6-5-7-18-20-17(13-29-18)25-21(28)26-20/h9-12,17-18,20H,3-8,13-14H2,1-2H3,(H,24,27)(H2,25,26,28)/t17-,18-,20-/m0/s1. The second-order valence-corrected chi connectivity index (χ2v) is 9.85. The van der Waals surface area contributed by atoms with E-state index in [1.54, 1.807) is 0 Å². The molecule has 2 saturated heterocycles. The number of halogens is 1. The van der Waals surface area contributed by atoms with Crippen LogP contribution in [0.25, 0.3) is 0 Å². The molecule has 2 aliphatic heterocycles. The zero-order chi connectivity index (χ0) is 20.9. The fourth-order valence-electron chi connectivity index (χ4n) is 4.44. The molecule has 160 valence electrons. The number of unbranched alkanes of at least 4 members (excludes halogenated alkanes) is 1. The molecule has 0 aromatic heterocycles. The molecular formula is C22H32ClN3O2S. The molecule has 3 rings (SSSR count). The van der Waals surface area contributed by atoms with E-state index in [0.29, 0.717) is 18.2 Å². The van der Waals surface area contributed by atoms with Crippen molar-refractivity contribution >= 4 is 35.3 Å². The number of urea groups is 1. The number of carbonyl (C=O) groups is 2. The van der Waals surface area contributed by atoms with E-state index in [9.17, 15) is 9.59 Å². The summed E-state index contributed by atoms with van der Waals surface area (Å²) in [7, 11) is 0. The molecule has 5 nitrogen and oxygen atoms in total. The number of fused-ring (bicyclic) bond motifs is 1. The number of hydrogen-bond donors (Lipinski definition) is 3. The van der Waals surface area contributed by atoms with Crippen LogP contribution in [-0.4, -0.2) is 41.6 Å². The number of rotatable bonds is 10. The van der Waals surface area contributed by atoms with E-state index >= 15 is 0 Å². The minimum absolute atomic E-state index is 0.0410. The molecule has 1 aromatic rings. The Kier molecular flexibility index (Phi) is 7.74. The van der Waals surface area contributed by atoms with Crippen molar-refractivity contribution in [3.8, 4) is 0 Å². The Bertz CT molecular complexity index is 709. The van der Waals surface area contributed by atoms with Gasteiger partial charge in [0.15, 0.2) is 0 Å². The van der Waals surface area contributed by atoms with E-state index in [1.807, 2.05) is 23.9 Å². The summed E-state index contributed by atoms with van der Waals surface area (Å²) in [5.74, 6) is 1.10. The Morgan fingerprint density at radius 3 is 2.62 bits per heavy atom. The Morgan fingerprint density at radius 2 is 1.93 bits per heavy atom. The van der Waals surface area contributed by atoms with Crippen LogP contribution in [-0.2, 0) is 10.2 Å². The third-order valence-electron chi connectivity index (χ3n) is 6.51. The smallest absolute Gasteiger partial charge is 0.315 e. The predicted molar refractivity (Wildman–Crippen MR) is 121 cm³/mol. The molecule has 0 radical (unpaired) electrons. The van der Waals surface area contributed by atoms with Gasteiger partial charge in [0.2, 0.25) is 5.91 Å². The van der Waals surface area contributed by atoms with E-state index < -0.39 is 0 Å². The number of carbonyl (C=O) groups excluding carboxylic acids is 2. The summed E-state index contributed by atoms with van der Waals surface area (Å²) < 4.78 is 0. The highest BCUT2D eigenvalue weighted by atomic mass is 35.5. The maximum absolute atomic E-state index is 12.4. The summed E-state index contributed by atoms with van der Waals surface area (Å²) >= 11 is 7.96. The Labute approximate surface area is 183 Å². The Hall–Kier alpha value is -1.40.